The van der Waals surface area contributed by atoms with Crippen molar-refractivity contribution in [1.29, 1.82) is 5.26 Å². The predicted octanol–water partition coefficient (Wildman–Crippen LogP) is 3.84. The number of hydrogen-bond donors (Lipinski definition) is 1. The molecule has 0 saturated heterocycles. The van der Waals surface area contributed by atoms with E-state index in [1.807, 2.05) is 12.1 Å². The predicted molar refractivity (Wildman–Crippen MR) is 72.4 cm³/mol. The second-order valence-corrected chi connectivity index (χ2v) is 5.90. The van der Waals surface area contributed by atoms with E-state index in [2.05, 4.69) is 43.2 Å². The number of amides is 1. The highest BCUT2D eigenvalue weighted by Gasteiger charge is 2.44. The lowest BCUT2D eigenvalue weighted by atomic mass is 9.69. The van der Waals surface area contributed by atoms with Gasteiger partial charge in [0.15, 0.2) is 0 Å². The van der Waals surface area contributed by atoms with Gasteiger partial charge in [-0.25, -0.2) is 0 Å². The molecule has 0 aromatic heterocycles. The minimum atomic E-state index is -0.813. The molecule has 2 rings (SSSR count). The maximum atomic E-state index is 12.0. The molecule has 1 aromatic rings. The fraction of sp³-hybridized carbons (Fsp3) is 0.333. The van der Waals surface area contributed by atoms with Gasteiger partial charge in [0.25, 0.3) is 0 Å². The maximum Gasteiger partial charge on any atom is 0.244 e. The van der Waals surface area contributed by atoms with Gasteiger partial charge >= 0.3 is 0 Å². The Bertz CT molecular complexity index is 504. The molecular formula is C12H10Br2N2O. The number of nitrogens with one attached hydrogen (secondary N) is 1. The zero-order chi connectivity index (χ0) is 12.5. The minimum Gasteiger partial charge on any atom is -0.324 e. The monoisotopic (exact) mass is 356 g/mol. The molecule has 1 saturated carbocycles. The number of rotatable bonds is 2. The van der Waals surface area contributed by atoms with Crippen LogP contribution in [-0.2, 0) is 4.79 Å². The van der Waals surface area contributed by atoms with Crippen molar-refractivity contribution in [3.05, 3.63) is 27.1 Å². The van der Waals surface area contributed by atoms with Crippen LogP contribution in [0.5, 0.6) is 0 Å². The topological polar surface area (TPSA) is 52.9 Å². The largest absolute Gasteiger partial charge is 0.324 e. The Morgan fingerprint density at radius 3 is 2.59 bits per heavy atom. The van der Waals surface area contributed by atoms with Gasteiger partial charge in [0.2, 0.25) is 5.91 Å². The van der Waals surface area contributed by atoms with Gasteiger partial charge in [-0.1, -0.05) is 15.9 Å². The summed E-state index contributed by atoms with van der Waals surface area (Å²) in [6.45, 7) is 0. The second-order valence-electron chi connectivity index (χ2n) is 4.13. The van der Waals surface area contributed by atoms with Crippen LogP contribution in [0.2, 0.25) is 0 Å². The van der Waals surface area contributed by atoms with Crippen LogP contribution in [0.4, 0.5) is 5.69 Å². The first kappa shape index (κ1) is 12.6. The molecule has 0 radical (unpaired) electrons. The first-order valence-electron chi connectivity index (χ1n) is 5.25. The SMILES string of the molecule is N#CC1(C(=O)Nc2ccc(Br)cc2Br)CCC1. The van der Waals surface area contributed by atoms with Crippen molar-refractivity contribution in [2.45, 2.75) is 19.3 Å². The highest BCUT2D eigenvalue weighted by Crippen LogP contribution is 2.41. The molecule has 1 N–H and O–H groups in total. The fourth-order valence-electron chi connectivity index (χ4n) is 1.75. The lowest BCUT2D eigenvalue weighted by molar-refractivity contribution is -0.126. The summed E-state index contributed by atoms with van der Waals surface area (Å²) >= 11 is 6.72. The Kier molecular flexibility index (Phi) is 3.55. The van der Waals surface area contributed by atoms with Crippen molar-refractivity contribution in [2.75, 3.05) is 5.32 Å². The van der Waals surface area contributed by atoms with Crippen molar-refractivity contribution in [3.63, 3.8) is 0 Å². The molecule has 0 spiro atoms. The van der Waals surface area contributed by atoms with Gasteiger partial charge < -0.3 is 5.32 Å². The number of carbonyl (C=O) groups excluding carboxylic acids is 1. The third kappa shape index (κ3) is 2.38. The average molecular weight is 358 g/mol. The smallest absolute Gasteiger partial charge is 0.244 e. The van der Waals surface area contributed by atoms with Crippen molar-refractivity contribution in [1.82, 2.24) is 0 Å². The van der Waals surface area contributed by atoms with Crippen molar-refractivity contribution >= 4 is 43.5 Å². The van der Waals surface area contributed by atoms with Crippen LogP contribution in [0.3, 0.4) is 0 Å². The van der Waals surface area contributed by atoms with Gasteiger partial charge in [-0.2, -0.15) is 5.26 Å². The van der Waals surface area contributed by atoms with Gasteiger partial charge in [-0.3, -0.25) is 4.79 Å². The molecule has 17 heavy (non-hydrogen) atoms. The normalized spacial score (nSPS) is 16.8. The van der Waals surface area contributed by atoms with E-state index in [9.17, 15) is 4.79 Å². The number of benzene rings is 1. The minimum absolute atomic E-state index is 0.200. The Labute approximate surface area is 116 Å². The van der Waals surface area contributed by atoms with Crippen LogP contribution in [0.15, 0.2) is 27.1 Å². The van der Waals surface area contributed by atoms with Crippen LogP contribution < -0.4 is 5.32 Å². The molecule has 1 fully saturated rings. The zero-order valence-corrected chi connectivity index (χ0v) is 12.1. The number of hydrogen-bond acceptors (Lipinski definition) is 2. The highest BCUT2D eigenvalue weighted by molar-refractivity contribution is 9.11. The first-order chi connectivity index (χ1) is 8.07. The summed E-state index contributed by atoms with van der Waals surface area (Å²) < 4.78 is 1.73. The van der Waals surface area contributed by atoms with E-state index >= 15 is 0 Å². The van der Waals surface area contributed by atoms with Crippen LogP contribution in [-0.4, -0.2) is 5.91 Å². The van der Waals surface area contributed by atoms with Gasteiger partial charge in [-0.05, 0) is 53.4 Å². The Balaban J connectivity index is 2.16. The Morgan fingerprint density at radius 2 is 2.12 bits per heavy atom. The van der Waals surface area contributed by atoms with Gasteiger partial charge in [0, 0.05) is 8.95 Å². The summed E-state index contributed by atoms with van der Waals surface area (Å²) in [5.74, 6) is -0.200. The molecular weight excluding hydrogens is 348 g/mol. The fourth-order valence-corrected chi connectivity index (χ4v) is 2.90. The molecule has 0 heterocycles. The maximum absolute atomic E-state index is 12.0. The summed E-state index contributed by atoms with van der Waals surface area (Å²) in [4.78, 5) is 12.0. The van der Waals surface area contributed by atoms with Gasteiger partial charge in [-0.15, -0.1) is 0 Å². The molecule has 1 aliphatic rings. The van der Waals surface area contributed by atoms with Gasteiger partial charge in [0.05, 0.1) is 11.8 Å². The molecule has 88 valence electrons. The summed E-state index contributed by atoms with van der Waals surface area (Å²) in [6, 6.07) is 7.63. The lowest BCUT2D eigenvalue weighted by Crippen LogP contribution is -2.40. The Hall–Kier alpha value is -0.860. The van der Waals surface area contributed by atoms with Crippen LogP contribution in [0.25, 0.3) is 0 Å². The molecule has 3 nitrogen and oxygen atoms in total. The molecule has 0 unspecified atom stereocenters. The lowest BCUT2D eigenvalue weighted by Gasteiger charge is -2.33. The van der Waals surface area contributed by atoms with E-state index in [1.165, 1.54) is 0 Å². The third-order valence-electron chi connectivity index (χ3n) is 3.04. The number of carbonyl (C=O) groups is 1. The quantitative estimate of drug-likeness (QED) is 0.874. The molecule has 1 aliphatic carbocycles. The third-order valence-corrected chi connectivity index (χ3v) is 4.18. The second kappa shape index (κ2) is 4.79. The zero-order valence-electron chi connectivity index (χ0n) is 8.96. The molecule has 1 amide bonds. The van der Waals surface area contributed by atoms with E-state index < -0.39 is 5.41 Å². The van der Waals surface area contributed by atoms with Crippen LogP contribution >= 0.6 is 31.9 Å². The Morgan fingerprint density at radius 1 is 1.41 bits per heavy atom. The number of halogens is 2. The molecule has 0 aliphatic heterocycles. The molecule has 0 atom stereocenters. The first-order valence-corrected chi connectivity index (χ1v) is 6.84. The molecule has 1 aromatic carbocycles. The summed E-state index contributed by atoms with van der Waals surface area (Å²) in [6.07, 6.45) is 2.26. The number of nitrogens with zero attached hydrogens (tertiary/aromatic N) is 1. The van der Waals surface area contributed by atoms with Crippen LogP contribution in [0.1, 0.15) is 19.3 Å². The van der Waals surface area contributed by atoms with Crippen molar-refractivity contribution in [3.8, 4) is 6.07 Å². The van der Waals surface area contributed by atoms with E-state index in [-0.39, 0.29) is 5.91 Å². The van der Waals surface area contributed by atoms with E-state index in [0.717, 1.165) is 15.4 Å². The average Bonchev–Trinajstić information content (AvgIpc) is 2.21. The summed E-state index contributed by atoms with van der Waals surface area (Å²) in [7, 11) is 0. The standard InChI is InChI=1S/C12H10Br2N2O/c13-8-2-3-10(9(14)6-8)16-11(17)12(7-15)4-1-5-12/h2-3,6H,1,4-5H2,(H,16,17). The van der Waals surface area contributed by atoms with E-state index in [4.69, 9.17) is 5.26 Å². The molecule has 0 bridgehead atoms. The highest BCUT2D eigenvalue weighted by atomic mass is 79.9. The van der Waals surface area contributed by atoms with E-state index in [1.54, 1.807) is 6.07 Å². The van der Waals surface area contributed by atoms with Crippen molar-refractivity contribution in [2.24, 2.45) is 5.41 Å². The number of anilines is 1. The van der Waals surface area contributed by atoms with Gasteiger partial charge in [0.1, 0.15) is 5.41 Å². The van der Waals surface area contributed by atoms with E-state index in [0.29, 0.717) is 18.5 Å². The summed E-state index contributed by atoms with van der Waals surface area (Å²) in [5.41, 5.74) is -0.119. The molecule has 5 heteroatoms. The van der Waals surface area contributed by atoms with Crippen LogP contribution in [0, 0.1) is 16.7 Å². The summed E-state index contributed by atoms with van der Waals surface area (Å²) in [5, 5.41) is 11.9. The number of nitriles is 1. The van der Waals surface area contributed by atoms with Crippen molar-refractivity contribution < 1.29 is 4.79 Å².